The van der Waals surface area contributed by atoms with Gasteiger partial charge in [-0.05, 0) is 56.1 Å². The molecule has 5 heteroatoms. The van der Waals surface area contributed by atoms with Gasteiger partial charge in [0.1, 0.15) is 5.82 Å². The molecule has 1 N–H and O–H groups in total. The normalized spacial score (nSPS) is 17.6. The van der Waals surface area contributed by atoms with Crippen LogP contribution in [0, 0.1) is 5.82 Å². The average Bonchev–Trinajstić information content (AvgIpc) is 3.27. The fourth-order valence-electron chi connectivity index (χ4n) is 3.79. The molecule has 3 rings (SSSR count). The van der Waals surface area contributed by atoms with Crippen LogP contribution in [0.25, 0.3) is 0 Å². The summed E-state index contributed by atoms with van der Waals surface area (Å²) in [5.74, 6) is -0.250. The van der Waals surface area contributed by atoms with Crippen molar-refractivity contribution < 1.29 is 9.18 Å². The highest BCUT2D eigenvalue weighted by Crippen LogP contribution is 2.41. The zero-order chi connectivity index (χ0) is 17.9. The number of carbonyl (C=O) groups excluding carboxylic acids is 1. The first-order chi connectivity index (χ1) is 12.0. The van der Waals surface area contributed by atoms with Gasteiger partial charge in [-0.15, -0.1) is 11.3 Å². The Hall–Kier alpha value is -1.72. The van der Waals surface area contributed by atoms with E-state index in [0.717, 1.165) is 31.2 Å². The third-order valence-electron chi connectivity index (χ3n) is 5.22. The number of likely N-dealkylation sites (N-methyl/N-ethyl adjacent to an activating group) is 1. The quantitative estimate of drug-likeness (QED) is 0.840. The van der Waals surface area contributed by atoms with Gasteiger partial charge in [0.25, 0.3) is 0 Å². The van der Waals surface area contributed by atoms with Gasteiger partial charge < -0.3 is 10.2 Å². The molecule has 3 nitrogen and oxygen atoms in total. The van der Waals surface area contributed by atoms with E-state index in [2.05, 4.69) is 21.7 Å². The molecule has 1 aromatic heterocycles. The Bertz CT molecular complexity index is 708. The number of hydrogen-bond donors (Lipinski definition) is 1. The molecule has 134 valence electrons. The fraction of sp³-hybridized carbons (Fsp3) is 0.450. The van der Waals surface area contributed by atoms with Crippen LogP contribution in [0.3, 0.4) is 0 Å². The van der Waals surface area contributed by atoms with Crippen molar-refractivity contribution in [1.29, 1.82) is 0 Å². The molecule has 1 fully saturated rings. The van der Waals surface area contributed by atoms with Crippen LogP contribution in [0.1, 0.15) is 42.2 Å². The number of rotatable bonds is 6. The van der Waals surface area contributed by atoms with E-state index in [9.17, 15) is 9.18 Å². The molecule has 0 spiro atoms. The van der Waals surface area contributed by atoms with Gasteiger partial charge in [0, 0.05) is 11.4 Å². The predicted molar refractivity (Wildman–Crippen MR) is 100 cm³/mol. The van der Waals surface area contributed by atoms with Crippen molar-refractivity contribution in [2.45, 2.75) is 37.1 Å². The van der Waals surface area contributed by atoms with E-state index >= 15 is 0 Å². The summed E-state index contributed by atoms with van der Waals surface area (Å²) < 4.78 is 13.7. The number of benzene rings is 1. The molecule has 0 bridgehead atoms. The minimum Gasteiger partial charge on any atom is -0.353 e. The molecule has 1 amide bonds. The molecule has 1 heterocycles. The van der Waals surface area contributed by atoms with Crippen LogP contribution in [0.2, 0.25) is 0 Å². The highest BCUT2D eigenvalue weighted by molar-refractivity contribution is 7.10. The van der Waals surface area contributed by atoms with E-state index in [1.165, 1.54) is 17.0 Å². The summed E-state index contributed by atoms with van der Waals surface area (Å²) >= 11 is 1.70. The van der Waals surface area contributed by atoms with Crippen LogP contribution in [-0.2, 0) is 10.2 Å². The Morgan fingerprint density at radius 3 is 2.64 bits per heavy atom. The van der Waals surface area contributed by atoms with Crippen LogP contribution >= 0.6 is 11.3 Å². The second-order valence-corrected chi connectivity index (χ2v) is 7.98. The van der Waals surface area contributed by atoms with E-state index in [1.807, 2.05) is 26.2 Å². The molecule has 1 atom stereocenters. The Morgan fingerprint density at radius 2 is 2.04 bits per heavy atom. The summed E-state index contributed by atoms with van der Waals surface area (Å²) in [4.78, 5) is 16.5. The van der Waals surface area contributed by atoms with Crippen LogP contribution < -0.4 is 5.32 Å². The Kier molecular flexibility index (Phi) is 5.54. The zero-order valence-electron chi connectivity index (χ0n) is 14.8. The molecule has 1 aliphatic rings. The monoisotopic (exact) mass is 360 g/mol. The first-order valence-corrected chi connectivity index (χ1v) is 9.65. The lowest BCUT2D eigenvalue weighted by molar-refractivity contribution is -0.126. The lowest BCUT2D eigenvalue weighted by Crippen LogP contribution is -2.45. The van der Waals surface area contributed by atoms with Crippen molar-refractivity contribution in [3.63, 3.8) is 0 Å². The van der Waals surface area contributed by atoms with Gasteiger partial charge in [0.15, 0.2) is 0 Å². The number of nitrogens with one attached hydrogen (secondary N) is 1. The maximum absolute atomic E-state index is 13.7. The van der Waals surface area contributed by atoms with E-state index in [4.69, 9.17) is 0 Å². The molecule has 1 aliphatic carbocycles. The molecule has 0 radical (unpaired) electrons. The van der Waals surface area contributed by atoms with Gasteiger partial charge in [-0.25, -0.2) is 4.39 Å². The number of thiophene rings is 1. The van der Waals surface area contributed by atoms with E-state index in [-0.39, 0.29) is 17.8 Å². The maximum atomic E-state index is 13.7. The first-order valence-electron chi connectivity index (χ1n) is 8.77. The van der Waals surface area contributed by atoms with Crippen molar-refractivity contribution in [1.82, 2.24) is 10.2 Å². The van der Waals surface area contributed by atoms with Gasteiger partial charge in [0.2, 0.25) is 5.91 Å². The molecule has 2 aromatic rings. The van der Waals surface area contributed by atoms with Crippen LogP contribution in [0.15, 0.2) is 41.8 Å². The molecule has 1 aromatic carbocycles. The zero-order valence-corrected chi connectivity index (χ0v) is 15.6. The van der Waals surface area contributed by atoms with Crippen molar-refractivity contribution >= 4 is 17.2 Å². The highest BCUT2D eigenvalue weighted by Gasteiger charge is 2.42. The van der Waals surface area contributed by atoms with Crippen LogP contribution in [0.4, 0.5) is 4.39 Å². The van der Waals surface area contributed by atoms with Gasteiger partial charge in [0.05, 0.1) is 11.5 Å². The number of halogens is 1. The molecular weight excluding hydrogens is 335 g/mol. The highest BCUT2D eigenvalue weighted by atomic mass is 32.1. The molecule has 1 saturated carbocycles. The summed E-state index contributed by atoms with van der Waals surface area (Å²) in [5, 5.41) is 5.21. The molecule has 1 unspecified atom stereocenters. The van der Waals surface area contributed by atoms with Crippen molar-refractivity contribution in [2.75, 3.05) is 20.6 Å². The minimum absolute atomic E-state index is 0.0269. The SMILES string of the molecule is CN(C)C(CNC(=O)C1(c2cccc(F)c2)CCCC1)c1cccs1. The van der Waals surface area contributed by atoms with Crippen molar-refractivity contribution in [3.05, 3.63) is 58.0 Å². The second kappa shape index (κ2) is 7.67. The topological polar surface area (TPSA) is 32.3 Å². The molecule has 0 aliphatic heterocycles. The second-order valence-electron chi connectivity index (χ2n) is 7.00. The Morgan fingerprint density at radius 1 is 1.28 bits per heavy atom. The summed E-state index contributed by atoms with van der Waals surface area (Å²) in [6, 6.07) is 10.8. The fourth-order valence-corrected chi connectivity index (χ4v) is 4.71. The Labute approximate surface area is 152 Å². The summed E-state index contributed by atoms with van der Waals surface area (Å²) in [6.45, 7) is 0.559. The molecular formula is C20H25FN2OS. The first kappa shape index (κ1) is 18.1. The maximum Gasteiger partial charge on any atom is 0.230 e. The summed E-state index contributed by atoms with van der Waals surface area (Å²) in [6.07, 6.45) is 3.58. The standard InChI is InChI=1S/C20H25FN2OS/c1-23(2)17(18-9-6-12-25-18)14-22-19(24)20(10-3-4-11-20)15-7-5-8-16(21)13-15/h5-9,12-13,17H,3-4,10-11,14H2,1-2H3,(H,22,24). The van der Waals surface area contributed by atoms with Crippen LogP contribution in [0.5, 0.6) is 0 Å². The van der Waals surface area contributed by atoms with Crippen molar-refractivity contribution in [2.24, 2.45) is 0 Å². The van der Waals surface area contributed by atoms with Gasteiger partial charge in [-0.1, -0.05) is 31.0 Å². The van der Waals surface area contributed by atoms with E-state index in [0.29, 0.717) is 6.54 Å². The minimum atomic E-state index is -0.589. The Balaban J connectivity index is 1.78. The number of carbonyl (C=O) groups is 1. The third-order valence-corrected chi connectivity index (χ3v) is 6.19. The summed E-state index contributed by atoms with van der Waals surface area (Å²) in [7, 11) is 4.04. The summed E-state index contributed by atoms with van der Waals surface area (Å²) in [5.41, 5.74) is 0.217. The third kappa shape index (κ3) is 3.77. The average molecular weight is 360 g/mol. The largest absolute Gasteiger partial charge is 0.353 e. The van der Waals surface area contributed by atoms with Crippen molar-refractivity contribution in [3.8, 4) is 0 Å². The van der Waals surface area contributed by atoms with Gasteiger partial charge in [-0.3, -0.25) is 4.79 Å². The number of hydrogen-bond acceptors (Lipinski definition) is 3. The van der Waals surface area contributed by atoms with Gasteiger partial charge in [-0.2, -0.15) is 0 Å². The lowest BCUT2D eigenvalue weighted by atomic mass is 9.78. The number of nitrogens with zero attached hydrogens (tertiary/aromatic N) is 1. The van der Waals surface area contributed by atoms with E-state index in [1.54, 1.807) is 17.4 Å². The van der Waals surface area contributed by atoms with Gasteiger partial charge >= 0.3 is 0 Å². The predicted octanol–water partition coefficient (Wildman–Crippen LogP) is 4.12. The van der Waals surface area contributed by atoms with Crippen LogP contribution in [-0.4, -0.2) is 31.4 Å². The molecule has 25 heavy (non-hydrogen) atoms. The van der Waals surface area contributed by atoms with E-state index < -0.39 is 5.41 Å². The smallest absolute Gasteiger partial charge is 0.230 e. The molecule has 0 saturated heterocycles. The number of amides is 1. The lowest BCUT2D eigenvalue weighted by Gasteiger charge is -2.30.